The highest BCUT2D eigenvalue weighted by atomic mass is 16.4. The van der Waals surface area contributed by atoms with Crippen molar-refractivity contribution in [1.82, 2.24) is 9.88 Å². The number of carbonyl (C=O) groups is 2. The molecule has 0 aliphatic heterocycles. The molecule has 1 rings (SSSR count). The lowest BCUT2D eigenvalue weighted by molar-refractivity contribution is -0.140. The first-order valence-corrected chi connectivity index (χ1v) is 5.94. The number of aliphatic carboxylic acids is 1. The van der Waals surface area contributed by atoms with Crippen molar-refractivity contribution in [3.05, 3.63) is 30.1 Å². The van der Waals surface area contributed by atoms with Crippen LogP contribution in [0.4, 0.5) is 0 Å². The van der Waals surface area contributed by atoms with Crippen molar-refractivity contribution in [2.24, 2.45) is 0 Å². The van der Waals surface area contributed by atoms with Gasteiger partial charge in [-0.25, -0.2) is 0 Å². The normalized spacial score (nSPS) is 11.9. The van der Waals surface area contributed by atoms with Gasteiger partial charge in [-0.05, 0) is 25.5 Å². The van der Waals surface area contributed by atoms with Gasteiger partial charge in [0.25, 0.3) is 0 Å². The molecule has 5 nitrogen and oxygen atoms in total. The van der Waals surface area contributed by atoms with Crippen LogP contribution >= 0.6 is 0 Å². The average Bonchev–Trinajstić information content (AvgIpc) is 2.30. The molecule has 98 valence electrons. The quantitative estimate of drug-likeness (QED) is 0.827. The third-order valence-corrected chi connectivity index (χ3v) is 2.74. The average molecular weight is 250 g/mol. The van der Waals surface area contributed by atoms with Gasteiger partial charge in [0, 0.05) is 25.0 Å². The van der Waals surface area contributed by atoms with Crippen LogP contribution in [0.5, 0.6) is 0 Å². The Morgan fingerprint density at radius 3 is 2.72 bits per heavy atom. The third kappa shape index (κ3) is 4.16. The lowest BCUT2D eigenvalue weighted by atomic mass is 10.1. The zero-order valence-electron chi connectivity index (χ0n) is 10.7. The number of hydrogen-bond acceptors (Lipinski definition) is 3. The second-order valence-electron chi connectivity index (χ2n) is 4.16. The van der Waals surface area contributed by atoms with Gasteiger partial charge in [0.15, 0.2) is 0 Å². The second kappa shape index (κ2) is 6.74. The van der Waals surface area contributed by atoms with E-state index in [1.54, 1.807) is 30.3 Å². The number of carboxylic acid groups (broad SMARTS) is 1. The molecular weight excluding hydrogens is 232 g/mol. The van der Waals surface area contributed by atoms with Crippen LogP contribution in [0.1, 0.15) is 25.8 Å². The Morgan fingerprint density at radius 1 is 1.50 bits per heavy atom. The van der Waals surface area contributed by atoms with Gasteiger partial charge in [-0.3, -0.25) is 14.6 Å². The van der Waals surface area contributed by atoms with Gasteiger partial charge < -0.3 is 10.0 Å². The molecule has 0 aliphatic rings. The molecule has 5 heteroatoms. The Balaban J connectivity index is 2.65. The topological polar surface area (TPSA) is 70.5 Å². The summed E-state index contributed by atoms with van der Waals surface area (Å²) in [5, 5.41) is 8.75. The number of nitrogens with zero attached hydrogens (tertiary/aromatic N) is 2. The maximum absolute atomic E-state index is 12.1. The SMILES string of the molecule is CCN(C(=O)Cc1cccnc1)C(C)CC(=O)O. The van der Waals surface area contributed by atoms with Crippen LogP contribution in [-0.4, -0.2) is 39.5 Å². The summed E-state index contributed by atoms with van der Waals surface area (Å²) in [7, 11) is 0. The fraction of sp³-hybridized carbons (Fsp3) is 0.462. The highest BCUT2D eigenvalue weighted by Gasteiger charge is 2.20. The van der Waals surface area contributed by atoms with E-state index in [9.17, 15) is 9.59 Å². The van der Waals surface area contributed by atoms with Crippen molar-refractivity contribution in [2.75, 3.05) is 6.54 Å². The van der Waals surface area contributed by atoms with Gasteiger partial charge in [0.1, 0.15) is 0 Å². The molecule has 0 saturated heterocycles. The van der Waals surface area contributed by atoms with Crippen molar-refractivity contribution >= 4 is 11.9 Å². The lowest BCUT2D eigenvalue weighted by Gasteiger charge is -2.27. The Bertz CT molecular complexity index is 406. The summed E-state index contributed by atoms with van der Waals surface area (Å²) in [5.41, 5.74) is 0.837. The molecule has 1 aromatic heterocycles. The molecule has 0 aromatic carbocycles. The van der Waals surface area contributed by atoms with Crippen LogP contribution in [0.3, 0.4) is 0 Å². The molecule has 1 atom stereocenters. The van der Waals surface area contributed by atoms with Crippen molar-refractivity contribution in [3.8, 4) is 0 Å². The van der Waals surface area contributed by atoms with Gasteiger partial charge in [0.2, 0.25) is 5.91 Å². The summed E-state index contributed by atoms with van der Waals surface area (Å²) in [6.45, 7) is 4.10. The van der Waals surface area contributed by atoms with Crippen LogP contribution in [0.15, 0.2) is 24.5 Å². The number of hydrogen-bond donors (Lipinski definition) is 1. The molecule has 1 aromatic rings. The van der Waals surface area contributed by atoms with Gasteiger partial charge in [-0.2, -0.15) is 0 Å². The van der Waals surface area contributed by atoms with Gasteiger partial charge in [-0.1, -0.05) is 6.07 Å². The zero-order valence-corrected chi connectivity index (χ0v) is 10.7. The predicted molar refractivity (Wildman–Crippen MR) is 67.0 cm³/mol. The molecule has 0 aliphatic carbocycles. The third-order valence-electron chi connectivity index (χ3n) is 2.74. The minimum Gasteiger partial charge on any atom is -0.481 e. The van der Waals surface area contributed by atoms with Gasteiger partial charge in [0.05, 0.1) is 12.8 Å². The maximum Gasteiger partial charge on any atom is 0.305 e. The van der Waals surface area contributed by atoms with Crippen molar-refractivity contribution < 1.29 is 14.7 Å². The Kier molecular flexibility index (Phi) is 5.30. The first-order chi connectivity index (χ1) is 8.54. The number of pyridine rings is 1. The van der Waals surface area contributed by atoms with E-state index in [1.165, 1.54) is 0 Å². The van der Waals surface area contributed by atoms with Crippen LogP contribution in [0.25, 0.3) is 0 Å². The largest absolute Gasteiger partial charge is 0.481 e. The number of aromatic nitrogens is 1. The molecule has 0 fully saturated rings. The molecule has 1 N–H and O–H groups in total. The summed E-state index contributed by atoms with van der Waals surface area (Å²) < 4.78 is 0. The fourth-order valence-electron chi connectivity index (χ4n) is 1.88. The van der Waals surface area contributed by atoms with Crippen LogP contribution < -0.4 is 0 Å². The van der Waals surface area contributed by atoms with Gasteiger partial charge >= 0.3 is 5.97 Å². The van der Waals surface area contributed by atoms with Gasteiger partial charge in [-0.15, -0.1) is 0 Å². The molecule has 1 unspecified atom stereocenters. The second-order valence-corrected chi connectivity index (χ2v) is 4.16. The van der Waals surface area contributed by atoms with Crippen molar-refractivity contribution in [1.29, 1.82) is 0 Å². The molecule has 1 amide bonds. The fourth-order valence-corrected chi connectivity index (χ4v) is 1.88. The summed E-state index contributed by atoms with van der Waals surface area (Å²) >= 11 is 0. The summed E-state index contributed by atoms with van der Waals surface area (Å²) in [4.78, 5) is 28.3. The van der Waals surface area contributed by atoms with E-state index >= 15 is 0 Å². The molecular formula is C13H18N2O3. The molecule has 18 heavy (non-hydrogen) atoms. The molecule has 1 heterocycles. The number of amides is 1. The van der Waals surface area contributed by atoms with E-state index in [1.807, 2.05) is 13.0 Å². The van der Waals surface area contributed by atoms with Crippen LogP contribution in [-0.2, 0) is 16.0 Å². The first kappa shape index (κ1) is 14.2. The molecule has 0 saturated carbocycles. The number of rotatable bonds is 6. The smallest absolute Gasteiger partial charge is 0.305 e. The van der Waals surface area contributed by atoms with E-state index < -0.39 is 5.97 Å². The minimum atomic E-state index is -0.893. The molecule has 0 radical (unpaired) electrons. The van der Waals surface area contributed by atoms with Crippen LogP contribution in [0.2, 0.25) is 0 Å². The standard InChI is InChI=1S/C13H18N2O3/c1-3-15(10(2)7-13(17)18)12(16)8-11-5-4-6-14-9-11/h4-6,9-10H,3,7-8H2,1-2H3,(H,17,18). The predicted octanol–water partition coefficient (Wildman–Crippen LogP) is 1.34. The Morgan fingerprint density at radius 2 is 2.22 bits per heavy atom. The van der Waals surface area contributed by atoms with E-state index in [2.05, 4.69) is 4.98 Å². The number of carbonyl (C=O) groups excluding carboxylic acids is 1. The summed E-state index contributed by atoms with van der Waals surface area (Å²) in [5.74, 6) is -0.964. The number of likely N-dealkylation sites (N-methyl/N-ethyl adjacent to an activating group) is 1. The number of carboxylic acids is 1. The minimum absolute atomic E-state index is 0.0351. The summed E-state index contributed by atoms with van der Waals surface area (Å²) in [6.07, 6.45) is 3.52. The monoisotopic (exact) mass is 250 g/mol. The van der Waals surface area contributed by atoms with E-state index in [-0.39, 0.29) is 24.8 Å². The van der Waals surface area contributed by atoms with Crippen molar-refractivity contribution in [3.63, 3.8) is 0 Å². The highest BCUT2D eigenvalue weighted by Crippen LogP contribution is 2.08. The Labute approximate surface area is 106 Å². The van der Waals surface area contributed by atoms with Crippen LogP contribution in [0, 0.1) is 0 Å². The summed E-state index contributed by atoms with van der Waals surface area (Å²) in [6, 6.07) is 3.32. The van der Waals surface area contributed by atoms with E-state index in [0.29, 0.717) is 6.54 Å². The first-order valence-electron chi connectivity index (χ1n) is 5.94. The maximum atomic E-state index is 12.1. The Hall–Kier alpha value is -1.91. The van der Waals surface area contributed by atoms with Crippen molar-refractivity contribution in [2.45, 2.75) is 32.7 Å². The van der Waals surface area contributed by atoms with E-state index in [4.69, 9.17) is 5.11 Å². The highest BCUT2D eigenvalue weighted by molar-refractivity contribution is 5.79. The lowest BCUT2D eigenvalue weighted by Crippen LogP contribution is -2.40. The zero-order chi connectivity index (χ0) is 13.5. The molecule has 0 bridgehead atoms. The van der Waals surface area contributed by atoms with E-state index in [0.717, 1.165) is 5.56 Å². The molecule has 0 spiro atoms.